The van der Waals surface area contributed by atoms with Gasteiger partial charge < -0.3 is 19.1 Å². The molecule has 2 fully saturated rings. The first-order valence-corrected chi connectivity index (χ1v) is 14.8. The van der Waals surface area contributed by atoms with Gasteiger partial charge in [0.1, 0.15) is 30.5 Å². The average molecular weight is 626 g/mol. The number of aliphatic hydroxyl groups is 1. The molecule has 0 radical (unpaired) electrons. The Labute approximate surface area is 258 Å². The van der Waals surface area contributed by atoms with Crippen LogP contribution in [0, 0.1) is 11.3 Å². The van der Waals surface area contributed by atoms with Gasteiger partial charge in [-0.15, -0.1) is 0 Å². The predicted octanol–water partition coefficient (Wildman–Crippen LogP) is 7.34. The minimum atomic E-state index is -1.08. The molecule has 0 bridgehead atoms. The van der Waals surface area contributed by atoms with Crippen LogP contribution in [0.1, 0.15) is 54.1 Å². The van der Waals surface area contributed by atoms with E-state index in [-0.39, 0.29) is 6.61 Å². The summed E-state index contributed by atoms with van der Waals surface area (Å²) in [6, 6.07) is 16.0. The van der Waals surface area contributed by atoms with Crippen LogP contribution in [0.3, 0.4) is 0 Å². The van der Waals surface area contributed by atoms with Crippen molar-refractivity contribution in [3.8, 4) is 29.0 Å². The van der Waals surface area contributed by atoms with Crippen molar-refractivity contribution in [2.24, 2.45) is 0 Å². The summed E-state index contributed by atoms with van der Waals surface area (Å²) >= 11 is 19.7. The minimum absolute atomic E-state index is 0.202. The first-order chi connectivity index (χ1) is 20.3. The second kappa shape index (κ2) is 12.1. The molecule has 1 saturated carbocycles. The van der Waals surface area contributed by atoms with Gasteiger partial charge in [-0.3, -0.25) is 4.90 Å². The maximum absolute atomic E-state index is 11.5. The second-order valence-corrected chi connectivity index (χ2v) is 11.8. The average Bonchev–Trinajstić information content (AvgIpc) is 3.75. The van der Waals surface area contributed by atoms with Gasteiger partial charge in [-0.05, 0) is 56.0 Å². The number of aromatic nitrogens is 2. The molecule has 1 aliphatic carbocycles. The Bertz CT molecular complexity index is 1620. The fraction of sp³-hybridized carbons (Fsp3) is 0.323. The first kappa shape index (κ1) is 28.8. The molecule has 0 spiro atoms. The lowest BCUT2D eigenvalue weighted by molar-refractivity contribution is -0.0408. The topological polar surface area (TPSA) is 105 Å². The summed E-state index contributed by atoms with van der Waals surface area (Å²) < 4.78 is 17.7. The lowest BCUT2D eigenvalue weighted by Gasteiger charge is -2.38. The number of likely N-dealkylation sites (tertiary alicyclic amines) is 1. The summed E-state index contributed by atoms with van der Waals surface area (Å²) in [5.74, 6) is 2.05. The molecule has 1 aliphatic heterocycles. The van der Waals surface area contributed by atoms with Gasteiger partial charge in [0.2, 0.25) is 5.88 Å². The summed E-state index contributed by atoms with van der Waals surface area (Å²) in [4.78, 5) is 6.23. The standard InChI is InChI=1S/C31H27Cl3N4O4/c32-24-2-1-3-25(33)28(24)29-22(30(42-37-29)20-4-5-20)17-40-21-6-7-23(26(34)15-21)31(39)9-12-38(13-10-31)18-41-27-14-19(16-35)8-11-36-27/h1-3,6-8,11,14-15,20,39H,4-5,9-10,12-13,17-18H2. The molecule has 0 atom stereocenters. The molecule has 1 saturated heterocycles. The Morgan fingerprint density at radius 2 is 1.79 bits per heavy atom. The van der Waals surface area contributed by atoms with E-state index in [9.17, 15) is 5.11 Å². The predicted molar refractivity (Wildman–Crippen MR) is 159 cm³/mol. The molecule has 42 heavy (non-hydrogen) atoms. The van der Waals surface area contributed by atoms with Gasteiger partial charge in [0.05, 0.1) is 37.9 Å². The molecule has 6 rings (SSSR count). The molecule has 216 valence electrons. The Hall–Kier alpha value is -3.32. The quantitative estimate of drug-likeness (QED) is 0.206. The largest absolute Gasteiger partial charge is 0.489 e. The molecular weight excluding hydrogens is 599 g/mol. The van der Waals surface area contributed by atoms with Gasteiger partial charge in [-0.25, -0.2) is 4.98 Å². The van der Waals surface area contributed by atoms with Gasteiger partial charge in [-0.1, -0.05) is 52.1 Å². The zero-order valence-electron chi connectivity index (χ0n) is 22.5. The number of hydrogen-bond donors (Lipinski definition) is 1. The molecule has 8 nitrogen and oxygen atoms in total. The van der Waals surface area contributed by atoms with Crippen molar-refractivity contribution in [2.75, 3.05) is 19.8 Å². The number of piperidine rings is 1. The van der Waals surface area contributed by atoms with Crippen LogP contribution in [0.5, 0.6) is 11.6 Å². The van der Waals surface area contributed by atoms with E-state index in [2.05, 4.69) is 21.1 Å². The van der Waals surface area contributed by atoms with Gasteiger partial charge >= 0.3 is 0 Å². The lowest BCUT2D eigenvalue weighted by Crippen LogP contribution is -2.44. The van der Waals surface area contributed by atoms with Crippen LogP contribution in [0.4, 0.5) is 0 Å². The van der Waals surface area contributed by atoms with Crippen molar-refractivity contribution in [1.29, 1.82) is 5.26 Å². The van der Waals surface area contributed by atoms with E-state index in [1.165, 1.54) is 0 Å². The van der Waals surface area contributed by atoms with Crippen LogP contribution in [-0.2, 0) is 12.2 Å². The molecule has 1 N–H and O–H groups in total. The van der Waals surface area contributed by atoms with Gasteiger partial charge in [0.25, 0.3) is 0 Å². The molecule has 2 aromatic heterocycles. The van der Waals surface area contributed by atoms with Crippen LogP contribution in [0.2, 0.25) is 15.1 Å². The highest BCUT2D eigenvalue weighted by Gasteiger charge is 2.36. The van der Waals surface area contributed by atoms with Gasteiger partial charge in [0.15, 0.2) is 0 Å². The number of benzene rings is 2. The van der Waals surface area contributed by atoms with E-state index in [4.69, 9.17) is 54.1 Å². The van der Waals surface area contributed by atoms with Crippen LogP contribution in [0.15, 0.2) is 59.3 Å². The summed E-state index contributed by atoms with van der Waals surface area (Å²) in [7, 11) is 0. The fourth-order valence-electron chi connectivity index (χ4n) is 5.20. The number of hydrogen-bond acceptors (Lipinski definition) is 8. The number of nitrogens with zero attached hydrogens (tertiary/aromatic N) is 4. The normalized spacial score (nSPS) is 16.6. The molecular formula is C31H27Cl3N4O4. The van der Waals surface area contributed by atoms with Crippen LogP contribution >= 0.6 is 34.8 Å². The molecule has 4 aromatic rings. The van der Waals surface area contributed by atoms with Crippen molar-refractivity contribution >= 4 is 34.8 Å². The number of halogens is 3. The Balaban J connectivity index is 1.11. The molecule has 3 heterocycles. The molecule has 0 unspecified atom stereocenters. The third-order valence-electron chi connectivity index (χ3n) is 7.73. The van der Waals surface area contributed by atoms with Crippen molar-refractivity contribution in [2.45, 2.75) is 43.8 Å². The Morgan fingerprint density at radius 1 is 1.02 bits per heavy atom. The van der Waals surface area contributed by atoms with Crippen LogP contribution in [0.25, 0.3) is 11.3 Å². The minimum Gasteiger partial charge on any atom is -0.489 e. The molecule has 0 amide bonds. The molecule has 2 aromatic carbocycles. The lowest BCUT2D eigenvalue weighted by atomic mass is 9.84. The number of pyridine rings is 1. The van der Waals surface area contributed by atoms with E-state index in [0.29, 0.717) is 87.7 Å². The first-order valence-electron chi connectivity index (χ1n) is 13.6. The van der Waals surface area contributed by atoms with Crippen molar-refractivity contribution in [3.63, 3.8) is 0 Å². The third-order valence-corrected chi connectivity index (χ3v) is 8.68. The highest BCUT2D eigenvalue weighted by Crippen LogP contribution is 2.46. The molecule has 2 aliphatic rings. The van der Waals surface area contributed by atoms with Gasteiger partial charge in [0, 0.05) is 42.4 Å². The van der Waals surface area contributed by atoms with E-state index in [0.717, 1.165) is 24.2 Å². The van der Waals surface area contributed by atoms with E-state index < -0.39 is 5.60 Å². The van der Waals surface area contributed by atoms with E-state index >= 15 is 0 Å². The smallest absolute Gasteiger partial charge is 0.215 e. The summed E-state index contributed by atoms with van der Waals surface area (Å²) in [6.07, 6.45) is 4.58. The number of ether oxygens (including phenoxy) is 2. The maximum Gasteiger partial charge on any atom is 0.215 e. The van der Waals surface area contributed by atoms with E-state index in [1.807, 2.05) is 12.1 Å². The Morgan fingerprint density at radius 3 is 2.48 bits per heavy atom. The SMILES string of the molecule is N#Cc1ccnc(OCN2CCC(O)(c3ccc(OCc4c(-c5c(Cl)cccc5Cl)noc4C4CC4)cc3Cl)CC2)c1. The summed E-state index contributed by atoms with van der Waals surface area (Å²) in [5, 5.41) is 26.3. The van der Waals surface area contributed by atoms with Crippen molar-refractivity contribution in [1.82, 2.24) is 15.0 Å². The Kier molecular flexibility index (Phi) is 8.30. The second-order valence-electron chi connectivity index (χ2n) is 10.6. The van der Waals surface area contributed by atoms with Crippen LogP contribution in [-0.4, -0.2) is 40.0 Å². The van der Waals surface area contributed by atoms with Crippen LogP contribution < -0.4 is 9.47 Å². The zero-order valence-corrected chi connectivity index (χ0v) is 24.8. The highest BCUT2D eigenvalue weighted by atomic mass is 35.5. The fourth-order valence-corrected chi connectivity index (χ4v) is 6.13. The zero-order chi connectivity index (χ0) is 29.3. The number of rotatable bonds is 9. The molecule has 11 heteroatoms. The van der Waals surface area contributed by atoms with Crippen molar-refractivity contribution < 1.29 is 19.1 Å². The highest BCUT2D eigenvalue weighted by molar-refractivity contribution is 6.39. The monoisotopic (exact) mass is 624 g/mol. The number of nitriles is 1. The third kappa shape index (κ3) is 6.07. The van der Waals surface area contributed by atoms with Crippen molar-refractivity contribution in [3.05, 3.63) is 92.2 Å². The maximum atomic E-state index is 11.5. The summed E-state index contributed by atoms with van der Waals surface area (Å²) in [6.45, 7) is 1.72. The van der Waals surface area contributed by atoms with E-state index in [1.54, 1.807) is 42.6 Å². The summed E-state index contributed by atoms with van der Waals surface area (Å²) in [5.41, 5.74) is 2.09. The van der Waals surface area contributed by atoms with Gasteiger partial charge in [-0.2, -0.15) is 5.26 Å².